The number of anilines is 1. The van der Waals surface area contributed by atoms with Crippen LogP contribution in [0.3, 0.4) is 0 Å². The van der Waals surface area contributed by atoms with Gasteiger partial charge in [-0.25, -0.2) is 4.98 Å². The third-order valence-corrected chi connectivity index (χ3v) is 5.25. The summed E-state index contributed by atoms with van der Waals surface area (Å²) in [5.41, 5.74) is 1.93. The van der Waals surface area contributed by atoms with Gasteiger partial charge in [0.25, 0.3) is 11.8 Å². The Labute approximate surface area is 166 Å². The van der Waals surface area contributed by atoms with Crippen LogP contribution in [-0.4, -0.2) is 65.2 Å². The third-order valence-electron chi connectivity index (χ3n) is 4.19. The SMILES string of the molecule is Cc1nc(NC(=O)CN(C)C(=O)c2c[nH]c3ccccc23)sc1C(=O)N(C)C. The number of amides is 3. The third kappa shape index (κ3) is 3.89. The minimum absolute atomic E-state index is 0.131. The number of likely N-dealkylation sites (N-methyl/N-ethyl adjacent to an activating group) is 1. The summed E-state index contributed by atoms with van der Waals surface area (Å²) in [5.74, 6) is -0.804. The maximum atomic E-state index is 12.7. The number of thiazole rings is 1. The van der Waals surface area contributed by atoms with Crippen molar-refractivity contribution in [3.8, 4) is 0 Å². The van der Waals surface area contributed by atoms with E-state index < -0.39 is 0 Å². The molecule has 2 aromatic heterocycles. The Morgan fingerprint density at radius 2 is 1.86 bits per heavy atom. The van der Waals surface area contributed by atoms with Crippen molar-refractivity contribution in [2.24, 2.45) is 0 Å². The van der Waals surface area contributed by atoms with E-state index in [-0.39, 0.29) is 24.3 Å². The van der Waals surface area contributed by atoms with Crippen LogP contribution in [0, 0.1) is 6.92 Å². The Balaban J connectivity index is 1.67. The Hall–Kier alpha value is -3.20. The number of nitrogens with zero attached hydrogens (tertiary/aromatic N) is 3. The lowest BCUT2D eigenvalue weighted by Gasteiger charge is -2.15. The molecule has 0 fully saturated rings. The second-order valence-corrected chi connectivity index (χ2v) is 7.59. The van der Waals surface area contributed by atoms with Crippen molar-refractivity contribution < 1.29 is 14.4 Å². The first-order chi connectivity index (χ1) is 13.3. The first-order valence-electron chi connectivity index (χ1n) is 8.58. The van der Waals surface area contributed by atoms with Crippen molar-refractivity contribution in [3.63, 3.8) is 0 Å². The Kier molecular flexibility index (Phi) is 5.46. The molecule has 146 valence electrons. The number of aromatic amines is 1. The Morgan fingerprint density at radius 1 is 1.14 bits per heavy atom. The van der Waals surface area contributed by atoms with Crippen LogP contribution < -0.4 is 5.32 Å². The summed E-state index contributed by atoms with van der Waals surface area (Å²) >= 11 is 1.12. The fourth-order valence-corrected chi connectivity index (χ4v) is 3.76. The molecule has 0 saturated heterocycles. The predicted octanol–water partition coefficient (Wildman–Crippen LogP) is 2.35. The van der Waals surface area contributed by atoms with E-state index in [0.29, 0.717) is 21.3 Å². The van der Waals surface area contributed by atoms with Gasteiger partial charge in [0.1, 0.15) is 4.88 Å². The van der Waals surface area contributed by atoms with Gasteiger partial charge < -0.3 is 20.1 Å². The van der Waals surface area contributed by atoms with Gasteiger partial charge in [-0.1, -0.05) is 29.5 Å². The zero-order valence-corrected chi connectivity index (χ0v) is 16.9. The fraction of sp³-hybridized carbons (Fsp3) is 0.263. The molecule has 0 unspecified atom stereocenters. The normalized spacial score (nSPS) is 10.7. The molecule has 2 N–H and O–H groups in total. The van der Waals surface area contributed by atoms with Crippen molar-refractivity contribution >= 4 is 45.1 Å². The lowest BCUT2D eigenvalue weighted by atomic mass is 10.1. The van der Waals surface area contributed by atoms with E-state index in [9.17, 15) is 14.4 Å². The second kappa shape index (κ2) is 7.81. The molecule has 0 saturated carbocycles. The lowest BCUT2D eigenvalue weighted by molar-refractivity contribution is -0.116. The van der Waals surface area contributed by atoms with Gasteiger partial charge in [-0.15, -0.1) is 0 Å². The van der Waals surface area contributed by atoms with E-state index in [1.54, 1.807) is 34.3 Å². The van der Waals surface area contributed by atoms with Crippen LogP contribution in [0.1, 0.15) is 25.7 Å². The summed E-state index contributed by atoms with van der Waals surface area (Å²) in [6, 6.07) is 7.48. The van der Waals surface area contributed by atoms with E-state index in [1.807, 2.05) is 24.3 Å². The quantitative estimate of drug-likeness (QED) is 0.688. The van der Waals surface area contributed by atoms with E-state index >= 15 is 0 Å². The standard InChI is InChI=1S/C19H21N5O3S/c1-11-16(18(27)23(2)3)28-19(21-11)22-15(25)10-24(4)17(26)13-9-20-14-8-6-5-7-12(13)14/h5-9,20H,10H2,1-4H3,(H,21,22,25). The lowest BCUT2D eigenvalue weighted by Crippen LogP contribution is -2.34. The number of fused-ring (bicyclic) bond motifs is 1. The molecule has 2 heterocycles. The highest BCUT2D eigenvalue weighted by molar-refractivity contribution is 7.17. The van der Waals surface area contributed by atoms with Crippen molar-refractivity contribution in [2.75, 3.05) is 33.0 Å². The van der Waals surface area contributed by atoms with Gasteiger partial charge in [-0.2, -0.15) is 0 Å². The first kappa shape index (κ1) is 19.6. The average molecular weight is 399 g/mol. The number of carbonyl (C=O) groups is 3. The number of nitrogens with one attached hydrogen (secondary N) is 2. The maximum absolute atomic E-state index is 12.7. The molecule has 1 aromatic carbocycles. The van der Waals surface area contributed by atoms with Crippen molar-refractivity contribution in [1.29, 1.82) is 0 Å². The molecular formula is C19H21N5O3S. The fourth-order valence-electron chi connectivity index (χ4n) is 2.75. The summed E-state index contributed by atoms with van der Waals surface area (Å²) in [6.07, 6.45) is 1.64. The molecule has 0 bridgehead atoms. The highest BCUT2D eigenvalue weighted by atomic mass is 32.1. The molecule has 28 heavy (non-hydrogen) atoms. The molecule has 0 atom stereocenters. The van der Waals surface area contributed by atoms with Crippen LogP contribution in [0.25, 0.3) is 10.9 Å². The summed E-state index contributed by atoms with van der Waals surface area (Å²) in [7, 11) is 4.88. The van der Waals surface area contributed by atoms with Gasteiger partial charge in [-0.3, -0.25) is 14.4 Å². The number of hydrogen-bond donors (Lipinski definition) is 2. The minimum atomic E-state index is -0.381. The number of H-pyrrole nitrogens is 1. The number of aromatic nitrogens is 2. The predicted molar refractivity (Wildman–Crippen MR) is 109 cm³/mol. The molecule has 0 aliphatic heterocycles. The van der Waals surface area contributed by atoms with E-state index in [0.717, 1.165) is 22.2 Å². The van der Waals surface area contributed by atoms with E-state index in [1.165, 1.54) is 9.80 Å². The molecule has 8 nitrogen and oxygen atoms in total. The molecule has 3 aromatic rings. The molecule has 0 spiro atoms. The molecule has 3 rings (SSSR count). The van der Waals surface area contributed by atoms with Crippen LogP contribution in [0.4, 0.5) is 5.13 Å². The molecule has 0 aliphatic rings. The van der Waals surface area contributed by atoms with Gasteiger partial charge in [0, 0.05) is 38.2 Å². The highest BCUT2D eigenvalue weighted by Gasteiger charge is 2.21. The van der Waals surface area contributed by atoms with Crippen LogP contribution >= 0.6 is 11.3 Å². The molecule has 0 aliphatic carbocycles. The Morgan fingerprint density at radius 3 is 2.57 bits per heavy atom. The van der Waals surface area contributed by atoms with Crippen LogP contribution in [-0.2, 0) is 4.79 Å². The molecule has 0 radical (unpaired) electrons. The van der Waals surface area contributed by atoms with Gasteiger partial charge in [0.15, 0.2) is 5.13 Å². The maximum Gasteiger partial charge on any atom is 0.265 e. The topological polar surface area (TPSA) is 98.4 Å². The van der Waals surface area contributed by atoms with Crippen molar-refractivity contribution in [1.82, 2.24) is 19.8 Å². The second-order valence-electron chi connectivity index (χ2n) is 6.59. The first-order valence-corrected chi connectivity index (χ1v) is 9.40. The van der Waals surface area contributed by atoms with Crippen molar-refractivity contribution in [2.45, 2.75) is 6.92 Å². The smallest absolute Gasteiger partial charge is 0.265 e. The van der Waals surface area contributed by atoms with Gasteiger partial charge in [0.2, 0.25) is 5.91 Å². The zero-order valence-electron chi connectivity index (χ0n) is 16.1. The number of aryl methyl sites for hydroxylation is 1. The number of carbonyl (C=O) groups excluding carboxylic acids is 3. The highest BCUT2D eigenvalue weighted by Crippen LogP contribution is 2.24. The number of hydrogen-bond acceptors (Lipinski definition) is 5. The van der Waals surface area contributed by atoms with Gasteiger partial charge >= 0.3 is 0 Å². The van der Waals surface area contributed by atoms with Crippen LogP contribution in [0.2, 0.25) is 0 Å². The summed E-state index contributed by atoms with van der Waals surface area (Å²) < 4.78 is 0. The van der Waals surface area contributed by atoms with Gasteiger partial charge in [0.05, 0.1) is 17.8 Å². The summed E-state index contributed by atoms with van der Waals surface area (Å²) in [4.78, 5) is 47.7. The molecule has 9 heteroatoms. The van der Waals surface area contributed by atoms with Crippen LogP contribution in [0.5, 0.6) is 0 Å². The summed E-state index contributed by atoms with van der Waals surface area (Å²) in [5, 5.41) is 3.80. The number of para-hydroxylation sites is 1. The zero-order chi connectivity index (χ0) is 20.4. The largest absolute Gasteiger partial charge is 0.360 e. The minimum Gasteiger partial charge on any atom is -0.360 e. The monoisotopic (exact) mass is 399 g/mol. The van der Waals surface area contributed by atoms with E-state index in [4.69, 9.17) is 0 Å². The molecule has 3 amide bonds. The number of benzene rings is 1. The summed E-state index contributed by atoms with van der Waals surface area (Å²) in [6.45, 7) is 1.59. The van der Waals surface area contributed by atoms with E-state index in [2.05, 4.69) is 15.3 Å². The Bertz CT molecular complexity index is 1050. The van der Waals surface area contributed by atoms with Crippen molar-refractivity contribution in [3.05, 3.63) is 46.6 Å². The molecular weight excluding hydrogens is 378 g/mol. The van der Waals surface area contributed by atoms with Gasteiger partial charge in [-0.05, 0) is 13.0 Å². The van der Waals surface area contributed by atoms with Crippen LogP contribution in [0.15, 0.2) is 30.5 Å². The number of rotatable bonds is 5. The average Bonchev–Trinajstić information content (AvgIpc) is 3.23.